The standard InChI is InChI=1S/C18H23N3O3S2/c1-26(23,24)20-11-8-13(9-12-20)18(22)21-10-4-6-15(21)17-19-14-5-2-3-7-16(14)25-17/h2-3,5,7,13,15H,4,6,8-12H2,1H3. The van der Waals surface area contributed by atoms with Crippen LogP contribution in [0.4, 0.5) is 0 Å². The minimum Gasteiger partial charge on any atom is -0.333 e. The third-order valence-corrected chi connectivity index (χ3v) is 7.84. The number of thiazole rings is 1. The zero-order chi connectivity index (χ0) is 18.3. The maximum atomic E-state index is 13.1. The van der Waals surface area contributed by atoms with Crippen molar-refractivity contribution < 1.29 is 13.2 Å². The van der Waals surface area contributed by atoms with Gasteiger partial charge in [-0.2, -0.15) is 0 Å². The molecule has 0 radical (unpaired) electrons. The van der Waals surface area contributed by atoms with Crippen molar-refractivity contribution in [3.05, 3.63) is 29.3 Å². The van der Waals surface area contributed by atoms with Crippen molar-refractivity contribution in [3.8, 4) is 0 Å². The molecule has 1 aromatic heterocycles. The highest BCUT2D eigenvalue weighted by molar-refractivity contribution is 7.88. The number of rotatable bonds is 3. The molecule has 3 heterocycles. The third kappa shape index (κ3) is 3.37. The molecule has 26 heavy (non-hydrogen) atoms. The Kier molecular flexibility index (Phi) is 4.75. The fourth-order valence-electron chi connectivity index (χ4n) is 3.99. The summed E-state index contributed by atoms with van der Waals surface area (Å²) < 4.78 is 26.0. The molecule has 0 saturated carbocycles. The van der Waals surface area contributed by atoms with Crippen LogP contribution in [0.25, 0.3) is 10.2 Å². The number of hydrogen-bond donors (Lipinski definition) is 0. The molecule has 2 fully saturated rings. The second kappa shape index (κ2) is 6.90. The molecule has 6 nitrogen and oxygen atoms in total. The second-order valence-corrected chi connectivity index (χ2v) is 10.2. The Balaban J connectivity index is 1.49. The molecule has 140 valence electrons. The summed E-state index contributed by atoms with van der Waals surface area (Å²) in [6, 6.07) is 8.14. The van der Waals surface area contributed by atoms with Crippen LogP contribution in [0.15, 0.2) is 24.3 Å². The van der Waals surface area contributed by atoms with Crippen LogP contribution < -0.4 is 0 Å². The summed E-state index contributed by atoms with van der Waals surface area (Å²) in [5.41, 5.74) is 0.994. The molecule has 0 bridgehead atoms. The van der Waals surface area contributed by atoms with Gasteiger partial charge in [0.2, 0.25) is 15.9 Å². The number of likely N-dealkylation sites (tertiary alicyclic amines) is 1. The largest absolute Gasteiger partial charge is 0.333 e. The van der Waals surface area contributed by atoms with Gasteiger partial charge in [-0.3, -0.25) is 4.79 Å². The number of piperidine rings is 1. The van der Waals surface area contributed by atoms with Crippen LogP contribution in [0.3, 0.4) is 0 Å². The predicted molar refractivity (Wildman–Crippen MR) is 102 cm³/mol. The highest BCUT2D eigenvalue weighted by atomic mass is 32.2. The molecule has 1 amide bonds. The Morgan fingerprint density at radius 1 is 1.15 bits per heavy atom. The Morgan fingerprint density at radius 3 is 2.58 bits per heavy atom. The maximum absolute atomic E-state index is 13.1. The van der Waals surface area contributed by atoms with E-state index in [1.54, 1.807) is 11.3 Å². The topological polar surface area (TPSA) is 70.6 Å². The first-order valence-corrected chi connectivity index (χ1v) is 11.7. The summed E-state index contributed by atoms with van der Waals surface area (Å²) in [5, 5.41) is 1.02. The van der Waals surface area contributed by atoms with Gasteiger partial charge in [-0.1, -0.05) is 12.1 Å². The molecule has 0 aliphatic carbocycles. The van der Waals surface area contributed by atoms with E-state index >= 15 is 0 Å². The van der Waals surface area contributed by atoms with Crippen LogP contribution in [-0.4, -0.2) is 54.4 Å². The van der Waals surface area contributed by atoms with E-state index in [-0.39, 0.29) is 17.9 Å². The van der Waals surface area contributed by atoms with Gasteiger partial charge in [0.25, 0.3) is 0 Å². The fraction of sp³-hybridized carbons (Fsp3) is 0.556. The van der Waals surface area contributed by atoms with Gasteiger partial charge in [0.1, 0.15) is 5.01 Å². The minimum absolute atomic E-state index is 0.0628. The monoisotopic (exact) mass is 393 g/mol. The second-order valence-electron chi connectivity index (χ2n) is 7.15. The average molecular weight is 394 g/mol. The van der Waals surface area contributed by atoms with Crippen LogP contribution in [-0.2, 0) is 14.8 Å². The van der Waals surface area contributed by atoms with E-state index in [2.05, 4.69) is 6.07 Å². The number of hydrogen-bond acceptors (Lipinski definition) is 5. The Morgan fingerprint density at radius 2 is 1.88 bits per heavy atom. The van der Waals surface area contributed by atoms with Crippen LogP contribution in [0.2, 0.25) is 0 Å². The van der Waals surface area contributed by atoms with Crippen molar-refractivity contribution in [1.82, 2.24) is 14.2 Å². The van der Waals surface area contributed by atoms with Crippen LogP contribution in [0.1, 0.15) is 36.7 Å². The molecule has 2 aliphatic heterocycles. The fourth-order valence-corrected chi connectivity index (χ4v) is 5.98. The maximum Gasteiger partial charge on any atom is 0.226 e. The quantitative estimate of drug-likeness (QED) is 0.804. The molecule has 2 aliphatic rings. The van der Waals surface area contributed by atoms with Crippen LogP contribution >= 0.6 is 11.3 Å². The number of carbonyl (C=O) groups is 1. The van der Waals surface area contributed by atoms with Gasteiger partial charge >= 0.3 is 0 Å². The summed E-state index contributed by atoms with van der Waals surface area (Å²) in [6.07, 6.45) is 4.39. The number of para-hydroxylation sites is 1. The Bertz CT molecular complexity index is 884. The lowest BCUT2D eigenvalue weighted by atomic mass is 9.96. The lowest BCUT2D eigenvalue weighted by molar-refractivity contribution is -0.137. The third-order valence-electron chi connectivity index (χ3n) is 5.40. The van der Waals surface area contributed by atoms with Crippen LogP contribution in [0, 0.1) is 5.92 Å². The van der Waals surface area contributed by atoms with E-state index in [0.717, 1.165) is 34.6 Å². The van der Waals surface area contributed by atoms with Gasteiger partial charge in [-0.05, 0) is 37.8 Å². The average Bonchev–Trinajstić information content (AvgIpc) is 3.26. The molecule has 2 saturated heterocycles. The number of amides is 1. The van der Waals surface area contributed by atoms with Gasteiger partial charge in [0.15, 0.2) is 0 Å². The summed E-state index contributed by atoms with van der Waals surface area (Å²) in [5.74, 6) is 0.0860. The smallest absolute Gasteiger partial charge is 0.226 e. The first-order valence-electron chi connectivity index (χ1n) is 9.04. The summed E-state index contributed by atoms with van der Waals surface area (Å²) in [7, 11) is -3.16. The van der Waals surface area contributed by atoms with E-state index in [9.17, 15) is 13.2 Å². The molecule has 1 aromatic carbocycles. The van der Waals surface area contributed by atoms with E-state index in [0.29, 0.717) is 25.9 Å². The Labute approximate surface area is 157 Å². The zero-order valence-electron chi connectivity index (χ0n) is 14.8. The first-order chi connectivity index (χ1) is 12.4. The van der Waals surface area contributed by atoms with Crippen molar-refractivity contribution in [2.75, 3.05) is 25.9 Å². The highest BCUT2D eigenvalue weighted by Crippen LogP contribution is 2.38. The molecule has 0 N–H and O–H groups in total. The van der Waals surface area contributed by atoms with Gasteiger partial charge < -0.3 is 4.90 Å². The highest BCUT2D eigenvalue weighted by Gasteiger charge is 2.37. The van der Waals surface area contributed by atoms with E-state index < -0.39 is 10.0 Å². The molecule has 8 heteroatoms. The summed E-state index contributed by atoms with van der Waals surface area (Å²) in [4.78, 5) is 19.8. The van der Waals surface area contributed by atoms with Crippen molar-refractivity contribution in [2.24, 2.45) is 5.92 Å². The van der Waals surface area contributed by atoms with Crippen molar-refractivity contribution in [1.29, 1.82) is 0 Å². The predicted octanol–water partition coefficient (Wildman–Crippen LogP) is 2.63. The molecular weight excluding hydrogens is 370 g/mol. The van der Waals surface area contributed by atoms with Gasteiger partial charge in [0.05, 0.1) is 22.5 Å². The van der Waals surface area contributed by atoms with Crippen LogP contribution in [0.5, 0.6) is 0 Å². The molecule has 0 spiro atoms. The number of benzene rings is 1. The van der Waals surface area contributed by atoms with Crippen molar-refractivity contribution in [3.63, 3.8) is 0 Å². The first kappa shape index (κ1) is 17.9. The van der Waals surface area contributed by atoms with E-state index in [1.165, 1.54) is 10.6 Å². The SMILES string of the molecule is CS(=O)(=O)N1CCC(C(=O)N2CCCC2c2nc3ccccc3s2)CC1. The molecule has 4 rings (SSSR count). The summed E-state index contributed by atoms with van der Waals surface area (Å²) in [6.45, 7) is 1.65. The van der Waals surface area contributed by atoms with Gasteiger partial charge in [-0.15, -0.1) is 11.3 Å². The number of sulfonamides is 1. The number of nitrogens with zero attached hydrogens (tertiary/aromatic N) is 3. The molecule has 2 aromatic rings. The Hall–Kier alpha value is -1.51. The number of aromatic nitrogens is 1. The molecular formula is C18H23N3O3S2. The van der Waals surface area contributed by atoms with E-state index in [1.807, 2.05) is 23.1 Å². The zero-order valence-corrected chi connectivity index (χ0v) is 16.4. The minimum atomic E-state index is -3.16. The van der Waals surface area contributed by atoms with Gasteiger partial charge in [0, 0.05) is 25.6 Å². The number of fused-ring (bicyclic) bond motifs is 1. The lowest BCUT2D eigenvalue weighted by Gasteiger charge is -2.33. The lowest BCUT2D eigenvalue weighted by Crippen LogP contribution is -2.43. The molecule has 1 atom stereocenters. The number of carbonyl (C=O) groups excluding carboxylic acids is 1. The van der Waals surface area contributed by atoms with E-state index in [4.69, 9.17) is 4.98 Å². The summed E-state index contributed by atoms with van der Waals surface area (Å²) >= 11 is 1.67. The van der Waals surface area contributed by atoms with Gasteiger partial charge in [-0.25, -0.2) is 17.7 Å². The molecule has 1 unspecified atom stereocenters. The van der Waals surface area contributed by atoms with Crippen molar-refractivity contribution in [2.45, 2.75) is 31.7 Å². The normalized spacial score (nSPS) is 23.0. The van der Waals surface area contributed by atoms with Crippen molar-refractivity contribution >= 4 is 37.5 Å².